The zero-order valence-electron chi connectivity index (χ0n) is 18.0. The Morgan fingerprint density at radius 2 is 1.70 bits per heavy atom. The Labute approximate surface area is 199 Å². The van der Waals surface area contributed by atoms with Gasteiger partial charge in [0.05, 0.1) is 24.9 Å². The summed E-state index contributed by atoms with van der Waals surface area (Å²) in [5.41, 5.74) is 4.30. The van der Waals surface area contributed by atoms with Crippen LogP contribution in [0.1, 0.15) is 11.1 Å². The average Bonchev–Trinajstić information content (AvgIpc) is 2.84. The van der Waals surface area contributed by atoms with E-state index >= 15 is 0 Å². The van der Waals surface area contributed by atoms with E-state index < -0.39 is 11.8 Å². The van der Waals surface area contributed by atoms with E-state index in [1.165, 1.54) is 13.3 Å². The lowest BCUT2D eigenvalue weighted by molar-refractivity contribution is -0.136. The third kappa shape index (κ3) is 6.81. The summed E-state index contributed by atoms with van der Waals surface area (Å²) in [4.78, 5) is 24.0. The van der Waals surface area contributed by atoms with Crippen molar-refractivity contribution in [3.63, 3.8) is 0 Å². The third-order valence-electron chi connectivity index (χ3n) is 4.41. The molecule has 3 rings (SSSR count). The number of carbonyl (C=O) groups is 2. The molecule has 0 atom stereocenters. The van der Waals surface area contributed by atoms with Gasteiger partial charge in [0.15, 0.2) is 11.5 Å². The summed E-state index contributed by atoms with van der Waals surface area (Å²) in [5.74, 6) is -0.0801. The van der Waals surface area contributed by atoms with Crippen molar-refractivity contribution in [1.29, 1.82) is 0 Å². The molecule has 0 spiro atoms. The molecule has 8 nitrogen and oxygen atoms in total. The van der Waals surface area contributed by atoms with Gasteiger partial charge in [-0.15, -0.1) is 0 Å². The van der Waals surface area contributed by atoms with Gasteiger partial charge in [0.2, 0.25) is 0 Å². The SMILES string of the molecule is COc1ccc(NC(=O)C(=O)NN=Cc2cc(Br)c(OCc3ccccc3)c(OC)c2)cc1. The van der Waals surface area contributed by atoms with Crippen LogP contribution in [0.25, 0.3) is 0 Å². The lowest BCUT2D eigenvalue weighted by Crippen LogP contribution is -2.32. The van der Waals surface area contributed by atoms with Crippen molar-refractivity contribution in [3.8, 4) is 17.2 Å². The number of hydrogen-bond acceptors (Lipinski definition) is 6. The zero-order chi connectivity index (χ0) is 23.6. The molecule has 0 radical (unpaired) electrons. The minimum atomic E-state index is -0.907. The van der Waals surface area contributed by atoms with Crippen LogP contribution < -0.4 is 25.0 Å². The van der Waals surface area contributed by atoms with Crippen LogP contribution in [0.3, 0.4) is 0 Å². The highest BCUT2D eigenvalue weighted by atomic mass is 79.9. The molecule has 0 aliphatic rings. The number of hydrogen-bond donors (Lipinski definition) is 2. The molecule has 0 aliphatic carbocycles. The minimum absolute atomic E-state index is 0.378. The van der Waals surface area contributed by atoms with Gasteiger partial charge in [-0.25, -0.2) is 5.43 Å². The number of methoxy groups -OCH3 is 2. The fourth-order valence-electron chi connectivity index (χ4n) is 2.76. The molecule has 0 aliphatic heterocycles. The van der Waals surface area contributed by atoms with Gasteiger partial charge in [-0.05, 0) is 63.5 Å². The van der Waals surface area contributed by atoms with Crippen molar-refractivity contribution >= 4 is 39.6 Å². The molecule has 33 heavy (non-hydrogen) atoms. The predicted molar refractivity (Wildman–Crippen MR) is 129 cm³/mol. The summed E-state index contributed by atoms with van der Waals surface area (Å²) in [7, 11) is 3.07. The monoisotopic (exact) mass is 511 g/mol. The highest BCUT2D eigenvalue weighted by Crippen LogP contribution is 2.36. The molecule has 2 N–H and O–H groups in total. The highest BCUT2D eigenvalue weighted by molar-refractivity contribution is 9.10. The van der Waals surface area contributed by atoms with Gasteiger partial charge in [0.1, 0.15) is 12.4 Å². The normalized spacial score (nSPS) is 10.5. The first-order valence-electron chi connectivity index (χ1n) is 9.83. The van der Waals surface area contributed by atoms with E-state index in [1.54, 1.807) is 43.5 Å². The van der Waals surface area contributed by atoms with Gasteiger partial charge < -0.3 is 19.5 Å². The quantitative estimate of drug-likeness (QED) is 0.269. The number of carbonyl (C=O) groups excluding carboxylic acids is 2. The van der Waals surface area contributed by atoms with E-state index in [-0.39, 0.29) is 0 Å². The number of hydrazone groups is 1. The van der Waals surface area contributed by atoms with Crippen LogP contribution in [-0.4, -0.2) is 32.2 Å². The van der Waals surface area contributed by atoms with Crippen LogP contribution in [0.4, 0.5) is 5.69 Å². The molecular weight excluding hydrogens is 490 g/mol. The summed E-state index contributed by atoms with van der Waals surface area (Å²) >= 11 is 3.48. The van der Waals surface area contributed by atoms with E-state index in [2.05, 4.69) is 31.8 Å². The molecule has 3 aromatic carbocycles. The molecule has 9 heteroatoms. The maximum atomic E-state index is 12.0. The molecule has 0 heterocycles. The van der Waals surface area contributed by atoms with Crippen molar-refractivity contribution in [2.24, 2.45) is 5.10 Å². The van der Waals surface area contributed by atoms with Gasteiger partial charge in [0, 0.05) is 5.69 Å². The van der Waals surface area contributed by atoms with Crippen molar-refractivity contribution in [3.05, 3.63) is 82.3 Å². The van der Waals surface area contributed by atoms with Crippen LogP contribution in [0, 0.1) is 0 Å². The number of ether oxygens (including phenoxy) is 3. The van der Waals surface area contributed by atoms with Gasteiger partial charge in [-0.2, -0.15) is 5.10 Å². The maximum absolute atomic E-state index is 12.0. The second-order valence-corrected chi connectivity index (χ2v) is 7.54. The first-order valence-corrected chi connectivity index (χ1v) is 10.6. The summed E-state index contributed by atoms with van der Waals surface area (Å²) in [5, 5.41) is 6.33. The van der Waals surface area contributed by atoms with E-state index in [9.17, 15) is 9.59 Å². The smallest absolute Gasteiger partial charge is 0.329 e. The van der Waals surface area contributed by atoms with E-state index in [0.29, 0.717) is 39.6 Å². The molecule has 0 saturated carbocycles. The molecule has 0 aromatic heterocycles. The van der Waals surface area contributed by atoms with Gasteiger partial charge in [0.25, 0.3) is 0 Å². The third-order valence-corrected chi connectivity index (χ3v) is 5.00. The van der Waals surface area contributed by atoms with E-state index in [4.69, 9.17) is 14.2 Å². The van der Waals surface area contributed by atoms with Crippen LogP contribution in [0.15, 0.2) is 76.3 Å². The Morgan fingerprint density at radius 3 is 2.36 bits per heavy atom. The molecule has 0 bridgehead atoms. The number of rotatable bonds is 8. The van der Waals surface area contributed by atoms with E-state index in [0.717, 1.165) is 5.56 Å². The Hall–Kier alpha value is -3.85. The molecular formula is C24H22BrN3O5. The van der Waals surface area contributed by atoms with Gasteiger partial charge >= 0.3 is 11.8 Å². The lowest BCUT2D eigenvalue weighted by Gasteiger charge is -2.13. The molecule has 0 saturated heterocycles. The summed E-state index contributed by atoms with van der Waals surface area (Å²) in [6.45, 7) is 0.378. The van der Waals surface area contributed by atoms with Gasteiger partial charge in [-0.1, -0.05) is 30.3 Å². The molecule has 0 unspecified atom stereocenters. The van der Waals surface area contributed by atoms with Crippen LogP contribution in [-0.2, 0) is 16.2 Å². The Balaban J connectivity index is 1.59. The van der Waals surface area contributed by atoms with Crippen molar-refractivity contribution in [1.82, 2.24) is 5.43 Å². The first-order chi connectivity index (χ1) is 16.0. The van der Waals surface area contributed by atoms with Crippen molar-refractivity contribution in [2.75, 3.05) is 19.5 Å². The second-order valence-electron chi connectivity index (χ2n) is 6.69. The number of nitrogens with one attached hydrogen (secondary N) is 2. The first kappa shape index (κ1) is 23.8. The molecule has 170 valence electrons. The minimum Gasteiger partial charge on any atom is -0.497 e. The standard InChI is InChI=1S/C24H22BrN3O5/c1-31-19-10-8-18(9-11-19)27-23(29)24(30)28-26-14-17-12-20(25)22(21(13-17)32-2)33-15-16-6-4-3-5-7-16/h3-14H,15H2,1-2H3,(H,27,29)(H,28,30). The highest BCUT2D eigenvalue weighted by Gasteiger charge is 2.14. The average molecular weight is 512 g/mol. The van der Waals surface area contributed by atoms with E-state index in [1.807, 2.05) is 30.3 Å². The number of nitrogens with zero attached hydrogens (tertiary/aromatic N) is 1. The largest absolute Gasteiger partial charge is 0.497 e. The Kier molecular flexibility index (Phi) is 8.43. The second kappa shape index (κ2) is 11.7. The topological polar surface area (TPSA) is 98.2 Å². The molecule has 2 amide bonds. The van der Waals surface area contributed by atoms with Crippen molar-refractivity contribution < 1.29 is 23.8 Å². The number of benzene rings is 3. The molecule has 3 aromatic rings. The van der Waals surface area contributed by atoms with Crippen LogP contribution in [0.5, 0.6) is 17.2 Å². The number of anilines is 1. The number of halogens is 1. The summed E-state index contributed by atoms with van der Waals surface area (Å²) < 4.78 is 17.0. The van der Waals surface area contributed by atoms with Gasteiger partial charge in [-0.3, -0.25) is 9.59 Å². The molecule has 0 fully saturated rings. The van der Waals surface area contributed by atoms with Crippen LogP contribution in [0.2, 0.25) is 0 Å². The Morgan fingerprint density at radius 1 is 0.970 bits per heavy atom. The summed E-state index contributed by atoms with van der Waals surface area (Å²) in [6.07, 6.45) is 1.40. The number of amides is 2. The predicted octanol–water partition coefficient (Wildman–Crippen LogP) is 4.13. The maximum Gasteiger partial charge on any atom is 0.329 e. The van der Waals surface area contributed by atoms with Crippen LogP contribution >= 0.6 is 15.9 Å². The summed E-state index contributed by atoms with van der Waals surface area (Å²) in [6, 6.07) is 19.8. The lowest BCUT2D eigenvalue weighted by atomic mass is 10.2. The fourth-order valence-corrected chi connectivity index (χ4v) is 3.34. The van der Waals surface area contributed by atoms with Crippen molar-refractivity contribution in [2.45, 2.75) is 6.61 Å². The fraction of sp³-hybridized carbons (Fsp3) is 0.125. The Bertz CT molecular complexity index is 1130. The zero-order valence-corrected chi connectivity index (χ0v) is 19.6.